The number of aryl methyl sites for hydroxylation is 2. The van der Waals surface area contributed by atoms with Crippen molar-refractivity contribution in [1.82, 2.24) is 29.7 Å². The summed E-state index contributed by atoms with van der Waals surface area (Å²) in [6.45, 7) is 8.14. The van der Waals surface area contributed by atoms with Crippen LogP contribution in [-0.2, 0) is 0 Å². The average molecular weight is 435 g/mol. The molecule has 0 aromatic carbocycles. The third kappa shape index (κ3) is 4.20. The second-order valence-electron chi connectivity index (χ2n) is 8.48. The molecule has 0 amide bonds. The Morgan fingerprint density at radius 1 is 1.10 bits per heavy atom. The van der Waals surface area contributed by atoms with Gasteiger partial charge in [-0.2, -0.15) is 0 Å². The normalized spacial score (nSPS) is 18.6. The Kier molecular flexibility index (Phi) is 6.07. The first-order valence-electron chi connectivity index (χ1n) is 10.6. The van der Waals surface area contributed by atoms with Gasteiger partial charge in [-0.3, -0.25) is 4.98 Å². The van der Waals surface area contributed by atoms with Gasteiger partial charge in [0.05, 0.1) is 17.8 Å². The maximum Gasteiger partial charge on any atom is 0.170 e. The third-order valence-corrected chi connectivity index (χ3v) is 6.25. The third-order valence-electron chi connectivity index (χ3n) is 5.90. The molecule has 4 heterocycles. The van der Waals surface area contributed by atoms with E-state index in [1.807, 2.05) is 24.5 Å². The van der Waals surface area contributed by atoms with Gasteiger partial charge >= 0.3 is 0 Å². The minimum Gasteiger partial charge on any atom is -0.352 e. The summed E-state index contributed by atoms with van der Waals surface area (Å²) in [6, 6.07) is 12.6. The molecule has 0 bridgehead atoms. The molecule has 0 radical (unpaired) electrons. The van der Waals surface area contributed by atoms with E-state index in [1.54, 1.807) is 0 Å². The number of nitrogens with zero attached hydrogens (tertiary/aromatic N) is 5. The zero-order valence-corrected chi connectivity index (χ0v) is 19.6. The molecule has 1 N–H and O–H groups in total. The van der Waals surface area contributed by atoms with Gasteiger partial charge in [0.25, 0.3) is 0 Å². The first-order chi connectivity index (χ1) is 14.9. The number of rotatable bonds is 6. The lowest BCUT2D eigenvalue weighted by Crippen LogP contribution is -2.35. The first-order valence-corrected chi connectivity index (χ1v) is 11.0. The highest BCUT2D eigenvalue weighted by atomic mass is 32.1. The molecule has 4 rings (SSSR count). The van der Waals surface area contributed by atoms with E-state index in [9.17, 15) is 0 Å². The Morgan fingerprint density at radius 3 is 2.55 bits per heavy atom. The Hall–Kier alpha value is -2.77. The fourth-order valence-corrected chi connectivity index (χ4v) is 4.66. The lowest BCUT2D eigenvalue weighted by molar-refractivity contribution is 0.277. The number of thiocarbonyl (C=S) groups is 1. The Balaban J connectivity index is 1.80. The summed E-state index contributed by atoms with van der Waals surface area (Å²) in [7, 11) is 4.18. The minimum absolute atomic E-state index is 0.00390. The van der Waals surface area contributed by atoms with Gasteiger partial charge in [-0.05, 0) is 82.5 Å². The van der Waals surface area contributed by atoms with E-state index < -0.39 is 0 Å². The molecule has 2 atom stereocenters. The molecular formula is C24H30N6S. The number of hydrogen-bond acceptors (Lipinski definition) is 4. The summed E-state index contributed by atoms with van der Waals surface area (Å²) in [5.41, 5.74) is 5.75. The van der Waals surface area contributed by atoms with E-state index in [2.05, 4.69) is 88.8 Å². The van der Waals surface area contributed by atoms with Crippen LogP contribution in [0.3, 0.4) is 0 Å². The molecule has 3 aromatic rings. The molecule has 7 heteroatoms. The molecule has 1 saturated heterocycles. The Bertz CT molecular complexity index is 1060. The molecule has 31 heavy (non-hydrogen) atoms. The number of aromatic nitrogens is 3. The van der Waals surface area contributed by atoms with Crippen LogP contribution in [0.25, 0.3) is 5.82 Å². The van der Waals surface area contributed by atoms with E-state index >= 15 is 0 Å². The van der Waals surface area contributed by atoms with Crippen LogP contribution < -0.4 is 5.32 Å². The molecule has 1 aliphatic heterocycles. The summed E-state index contributed by atoms with van der Waals surface area (Å²) in [6.07, 6.45) is 3.76. The molecule has 0 unspecified atom stereocenters. The van der Waals surface area contributed by atoms with Crippen molar-refractivity contribution in [3.63, 3.8) is 0 Å². The topological polar surface area (TPSA) is 49.2 Å². The second-order valence-corrected chi connectivity index (χ2v) is 8.87. The lowest BCUT2D eigenvalue weighted by atomic mass is 9.97. The van der Waals surface area contributed by atoms with Gasteiger partial charge in [-0.25, -0.2) is 4.98 Å². The van der Waals surface area contributed by atoms with Crippen molar-refractivity contribution >= 4 is 17.3 Å². The van der Waals surface area contributed by atoms with Crippen LogP contribution in [0.15, 0.2) is 48.8 Å². The van der Waals surface area contributed by atoms with Gasteiger partial charge in [0.1, 0.15) is 5.82 Å². The Labute approximate surface area is 189 Å². The highest BCUT2D eigenvalue weighted by Gasteiger charge is 2.41. The predicted molar refractivity (Wildman–Crippen MR) is 128 cm³/mol. The van der Waals surface area contributed by atoms with E-state index in [-0.39, 0.29) is 12.1 Å². The molecule has 6 nitrogen and oxygen atoms in total. The zero-order chi connectivity index (χ0) is 22.1. The van der Waals surface area contributed by atoms with Crippen LogP contribution in [0.2, 0.25) is 0 Å². The van der Waals surface area contributed by atoms with Gasteiger partial charge in [0, 0.05) is 36.9 Å². The van der Waals surface area contributed by atoms with Gasteiger partial charge in [0.2, 0.25) is 0 Å². The summed E-state index contributed by atoms with van der Waals surface area (Å²) in [5, 5.41) is 4.33. The molecule has 1 aliphatic rings. The standard InChI is InChI=1S/C24H30N6S/c1-16-9-10-21(26-15-16)30-17(2)14-19(18(30)3)23-22(20-8-6-7-11-25-20)27-24(31)29(23)13-12-28(4)5/h6-11,14-15,22-23H,12-13H2,1-5H3,(H,27,31)/t22-,23+/m0/s1. The second kappa shape index (κ2) is 8.77. The smallest absolute Gasteiger partial charge is 0.170 e. The van der Waals surface area contributed by atoms with Crippen LogP contribution >= 0.6 is 12.2 Å². The minimum atomic E-state index is -0.00390. The fraction of sp³-hybridized carbons (Fsp3) is 0.375. The van der Waals surface area contributed by atoms with Crippen LogP contribution in [0.4, 0.5) is 0 Å². The maximum atomic E-state index is 5.79. The molecule has 0 saturated carbocycles. The van der Waals surface area contributed by atoms with Crippen molar-refractivity contribution in [3.8, 4) is 5.82 Å². The van der Waals surface area contributed by atoms with Crippen molar-refractivity contribution in [3.05, 3.63) is 77.0 Å². The van der Waals surface area contributed by atoms with Crippen LogP contribution in [0.1, 0.15) is 40.3 Å². The van der Waals surface area contributed by atoms with E-state index in [0.717, 1.165) is 41.0 Å². The number of likely N-dealkylation sites (N-methyl/N-ethyl adjacent to an activating group) is 1. The predicted octanol–water partition coefficient (Wildman–Crippen LogP) is 3.73. The molecular weight excluding hydrogens is 404 g/mol. The summed E-state index contributed by atoms with van der Waals surface area (Å²) < 4.78 is 2.23. The number of hydrogen-bond donors (Lipinski definition) is 1. The zero-order valence-electron chi connectivity index (χ0n) is 18.8. The van der Waals surface area contributed by atoms with E-state index in [4.69, 9.17) is 12.2 Å². The average Bonchev–Trinajstić information content (AvgIpc) is 3.23. The van der Waals surface area contributed by atoms with Gasteiger partial charge in [-0.15, -0.1) is 0 Å². The van der Waals surface area contributed by atoms with Crippen molar-refractivity contribution in [2.24, 2.45) is 0 Å². The Morgan fingerprint density at radius 2 is 1.90 bits per heavy atom. The van der Waals surface area contributed by atoms with Gasteiger partial charge in [0.15, 0.2) is 5.11 Å². The van der Waals surface area contributed by atoms with Crippen molar-refractivity contribution < 1.29 is 0 Å². The first kappa shape index (κ1) is 21.5. The summed E-state index contributed by atoms with van der Waals surface area (Å²) in [5.74, 6) is 0.939. The van der Waals surface area contributed by atoms with Crippen LogP contribution in [0, 0.1) is 20.8 Å². The lowest BCUT2D eigenvalue weighted by Gasteiger charge is -2.29. The molecule has 1 fully saturated rings. The van der Waals surface area contributed by atoms with Crippen LogP contribution in [0.5, 0.6) is 0 Å². The van der Waals surface area contributed by atoms with Gasteiger partial charge < -0.3 is 19.7 Å². The van der Waals surface area contributed by atoms with Crippen molar-refractivity contribution in [2.75, 3.05) is 27.2 Å². The van der Waals surface area contributed by atoms with Crippen LogP contribution in [-0.4, -0.2) is 56.6 Å². The van der Waals surface area contributed by atoms with E-state index in [1.165, 1.54) is 11.3 Å². The van der Waals surface area contributed by atoms with Crippen molar-refractivity contribution in [2.45, 2.75) is 32.9 Å². The summed E-state index contributed by atoms with van der Waals surface area (Å²) in [4.78, 5) is 13.8. The SMILES string of the molecule is Cc1ccc(-n2c(C)cc([C@@H]3[C@H](c4ccccn4)NC(=S)N3CCN(C)C)c2C)nc1. The van der Waals surface area contributed by atoms with E-state index in [0.29, 0.717) is 0 Å². The number of nitrogens with one attached hydrogen (secondary N) is 1. The molecule has 0 spiro atoms. The highest BCUT2D eigenvalue weighted by molar-refractivity contribution is 7.80. The largest absolute Gasteiger partial charge is 0.352 e. The maximum absolute atomic E-state index is 5.79. The molecule has 0 aliphatic carbocycles. The fourth-order valence-electron chi connectivity index (χ4n) is 4.32. The van der Waals surface area contributed by atoms with Gasteiger partial charge in [-0.1, -0.05) is 12.1 Å². The quantitative estimate of drug-likeness (QED) is 0.597. The number of pyridine rings is 2. The van der Waals surface area contributed by atoms with Crippen molar-refractivity contribution in [1.29, 1.82) is 0 Å². The highest BCUT2D eigenvalue weighted by Crippen LogP contribution is 2.41. The molecule has 3 aromatic heterocycles. The molecule has 162 valence electrons. The summed E-state index contributed by atoms with van der Waals surface area (Å²) >= 11 is 5.79. The monoisotopic (exact) mass is 434 g/mol.